The summed E-state index contributed by atoms with van der Waals surface area (Å²) in [6.45, 7) is 0. The van der Waals surface area contributed by atoms with Crippen molar-refractivity contribution in [2.75, 3.05) is 19.5 Å². The summed E-state index contributed by atoms with van der Waals surface area (Å²) >= 11 is 6.26. The maximum Gasteiger partial charge on any atom is 0.436 e. The zero-order valence-corrected chi connectivity index (χ0v) is 25.2. The molecule has 3 heterocycles. The van der Waals surface area contributed by atoms with Crippen molar-refractivity contribution in [3.8, 4) is 22.6 Å². The fraction of sp³-hybridized carbons (Fsp3) is 0.200. The molecule has 0 fully saturated rings. The normalized spacial score (nSPS) is 12.1. The molecule has 3 aromatic heterocycles. The Labute approximate surface area is 263 Å². The van der Waals surface area contributed by atoms with Gasteiger partial charge in [0.15, 0.2) is 5.69 Å². The van der Waals surface area contributed by atoms with Crippen LogP contribution in [0.15, 0.2) is 78.0 Å². The van der Waals surface area contributed by atoms with Gasteiger partial charge < -0.3 is 14.8 Å². The van der Waals surface area contributed by atoms with Gasteiger partial charge in [-0.1, -0.05) is 16.8 Å². The van der Waals surface area contributed by atoms with Crippen LogP contribution in [0.5, 0.6) is 5.75 Å². The molecule has 5 aromatic rings. The average Bonchev–Trinajstić information content (AvgIpc) is 3.69. The smallest absolute Gasteiger partial charge is 0.436 e. The number of anilines is 1. The van der Waals surface area contributed by atoms with Gasteiger partial charge in [-0.2, -0.15) is 18.3 Å². The minimum atomic E-state index is -4.73. The molecule has 1 amide bonds. The molecule has 0 saturated carbocycles. The first-order valence-electron chi connectivity index (χ1n) is 13.5. The number of benzene rings is 2. The predicted molar refractivity (Wildman–Crippen MR) is 160 cm³/mol. The third-order valence-electron chi connectivity index (χ3n) is 6.93. The number of amides is 1. The van der Waals surface area contributed by atoms with Gasteiger partial charge in [0.2, 0.25) is 5.91 Å². The second kappa shape index (κ2) is 12.9. The molecule has 0 aliphatic rings. The van der Waals surface area contributed by atoms with E-state index in [0.717, 1.165) is 4.68 Å². The first-order valence-corrected chi connectivity index (χ1v) is 13.8. The SMILES string of the molecule is COC(=O)c1ccc(NC(=O)[C@H](Cc2ccn(C)n2)n2cc(OC)c(-c3cc(Cl)ccc3-n3cc(C(F)(F)F)nn3)cc2=O)cc1. The number of ether oxygens (including phenoxy) is 2. The second-order valence-electron chi connectivity index (χ2n) is 9.97. The number of carbonyl (C=O) groups excluding carboxylic acids is 2. The fourth-order valence-electron chi connectivity index (χ4n) is 4.70. The number of halogens is 4. The highest BCUT2D eigenvalue weighted by atomic mass is 35.5. The summed E-state index contributed by atoms with van der Waals surface area (Å²) in [5.74, 6) is -1.00. The first kappa shape index (κ1) is 32.0. The quantitative estimate of drug-likeness (QED) is 0.226. The molecule has 0 aliphatic carbocycles. The molecule has 0 spiro atoms. The van der Waals surface area contributed by atoms with Crippen molar-refractivity contribution in [2.24, 2.45) is 7.05 Å². The maximum absolute atomic E-state index is 13.7. The van der Waals surface area contributed by atoms with Crippen LogP contribution in [0.1, 0.15) is 27.8 Å². The van der Waals surface area contributed by atoms with Crippen molar-refractivity contribution in [1.82, 2.24) is 29.3 Å². The average molecular weight is 656 g/mol. The van der Waals surface area contributed by atoms with Gasteiger partial charge >= 0.3 is 12.1 Å². The number of rotatable bonds is 9. The number of pyridine rings is 1. The summed E-state index contributed by atoms with van der Waals surface area (Å²) in [7, 11) is 4.30. The molecule has 2 aromatic carbocycles. The summed E-state index contributed by atoms with van der Waals surface area (Å²) in [4.78, 5) is 39.2. The van der Waals surface area contributed by atoms with E-state index in [1.54, 1.807) is 24.0 Å². The molecule has 0 unspecified atom stereocenters. The molecule has 0 bridgehead atoms. The van der Waals surface area contributed by atoms with Crippen LogP contribution >= 0.6 is 11.6 Å². The lowest BCUT2D eigenvalue weighted by Gasteiger charge is -2.21. The Bertz CT molecular complexity index is 1970. The highest BCUT2D eigenvalue weighted by molar-refractivity contribution is 6.31. The van der Waals surface area contributed by atoms with Crippen LogP contribution in [0, 0.1) is 0 Å². The number of carbonyl (C=O) groups is 2. The predicted octanol–water partition coefficient (Wildman–Crippen LogP) is 4.72. The molecule has 46 heavy (non-hydrogen) atoms. The van der Waals surface area contributed by atoms with Gasteiger partial charge in [0.05, 0.1) is 43.6 Å². The number of esters is 1. The number of nitrogens with one attached hydrogen (secondary N) is 1. The minimum Gasteiger partial charge on any atom is -0.495 e. The Kier molecular flexibility index (Phi) is 8.96. The molecule has 1 N–H and O–H groups in total. The molecule has 12 nitrogen and oxygen atoms in total. The van der Waals surface area contributed by atoms with Gasteiger partial charge in [-0.05, 0) is 48.5 Å². The van der Waals surface area contributed by atoms with Crippen LogP contribution in [0.3, 0.4) is 0 Å². The molecule has 1 atom stereocenters. The highest BCUT2D eigenvalue weighted by Crippen LogP contribution is 2.36. The summed E-state index contributed by atoms with van der Waals surface area (Å²) in [6, 6.07) is 12.1. The van der Waals surface area contributed by atoms with E-state index in [0.29, 0.717) is 17.6 Å². The van der Waals surface area contributed by atoms with Crippen molar-refractivity contribution < 1.29 is 32.2 Å². The topological polar surface area (TPSA) is 135 Å². The van der Waals surface area contributed by atoms with Crippen LogP contribution < -0.4 is 15.6 Å². The Hall–Kier alpha value is -5.44. The number of hydrogen-bond donors (Lipinski definition) is 1. The van der Waals surface area contributed by atoms with E-state index < -0.39 is 35.3 Å². The molecule has 16 heteroatoms. The number of aryl methyl sites for hydroxylation is 1. The van der Waals surface area contributed by atoms with Crippen LogP contribution in [0.2, 0.25) is 5.02 Å². The maximum atomic E-state index is 13.7. The summed E-state index contributed by atoms with van der Waals surface area (Å²) < 4.78 is 53.8. The molecule has 238 valence electrons. The van der Waals surface area contributed by atoms with Gasteiger partial charge in [-0.15, -0.1) is 5.10 Å². The molecule has 0 aliphatic heterocycles. The van der Waals surface area contributed by atoms with Crippen LogP contribution in [-0.4, -0.2) is 55.4 Å². The van der Waals surface area contributed by atoms with E-state index in [4.69, 9.17) is 21.1 Å². The Morgan fingerprint density at radius 1 is 1.02 bits per heavy atom. The summed E-state index contributed by atoms with van der Waals surface area (Å²) in [6.07, 6.45) is -0.979. The lowest BCUT2D eigenvalue weighted by atomic mass is 10.0. The third kappa shape index (κ3) is 6.78. The second-order valence-corrected chi connectivity index (χ2v) is 10.4. The van der Waals surface area contributed by atoms with Crippen molar-refractivity contribution in [1.29, 1.82) is 0 Å². The van der Waals surface area contributed by atoms with E-state index in [9.17, 15) is 27.6 Å². The van der Waals surface area contributed by atoms with E-state index >= 15 is 0 Å². The summed E-state index contributed by atoms with van der Waals surface area (Å²) in [5.41, 5.74) is -0.141. The van der Waals surface area contributed by atoms with Gasteiger partial charge in [0.1, 0.15) is 11.8 Å². The number of nitrogens with zero attached hydrogens (tertiary/aromatic N) is 6. The van der Waals surface area contributed by atoms with Gasteiger partial charge in [0.25, 0.3) is 5.56 Å². The standard InChI is InChI=1S/C30H25ClF3N7O5/c1-39-11-10-20(37-39)13-24(28(43)35-19-7-4-17(5-8-19)29(44)46-3)40-15-25(45-2)22(14-27(40)42)21-12-18(31)6-9-23(21)41-16-26(36-38-41)30(32,33)34/h4-12,14-16,24H,13H2,1-3H3,(H,35,43)/t24-/m0/s1. The minimum absolute atomic E-state index is 0.0108. The first-order chi connectivity index (χ1) is 21.9. The third-order valence-corrected chi connectivity index (χ3v) is 7.16. The Morgan fingerprint density at radius 2 is 1.76 bits per heavy atom. The molecular formula is C30H25ClF3N7O5. The molecule has 0 radical (unpaired) electrons. The van der Waals surface area contributed by atoms with Gasteiger partial charge in [0, 0.05) is 47.6 Å². The van der Waals surface area contributed by atoms with Gasteiger partial charge in [-0.25, -0.2) is 9.48 Å². The van der Waals surface area contributed by atoms with Gasteiger partial charge in [-0.3, -0.25) is 18.8 Å². The van der Waals surface area contributed by atoms with E-state index in [-0.39, 0.29) is 39.6 Å². The largest absolute Gasteiger partial charge is 0.495 e. The zero-order valence-electron chi connectivity index (χ0n) is 24.4. The van der Waals surface area contributed by atoms with E-state index in [2.05, 4.69) is 20.7 Å². The molecular weight excluding hydrogens is 631 g/mol. The van der Waals surface area contributed by atoms with Crippen LogP contribution in [0.25, 0.3) is 16.8 Å². The van der Waals surface area contributed by atoms with Crippen LogP contribution in [-0.2, 0) is 29.2 Å². The van der Waals surface area contributed by atoms with Crippen molar-refractivity contribution >= 4 is 29.2 Å². The number of alkyl halides is 3. The molecule has 0 saturated heterocycles. The lowest BCUT2D eigenvalue weighted by molar-refractivity contribution is -0.141. The number of methoxy groups -OCH3 is 2. The highest BCUT2D eigenvalue weighted by Gasteiger charge is 2.35. The number of aromatic nitrogens is 6. The van der Waals surface area contributed by atoms with E-state index in [1.807, 2.05) is 0 Å². The van der Waals surface area contributed by atoms with Crippen molar-refractivity contribution in [3.05, 3.63) is 106 Å². The summed E-state index contributed by atoms with van der Waals surface area (Å²) in [5, 5.41) is 14.2. The number of hydrogen-bond acceptors (Lipinski definition) is 8. The van der Waals surface area contributed by atoms with Crippen LogP contribution in [0.4, 0.5) is 18.9 Å². The zero-order chi connectivity index (χ0) is 33.2. The monoisotopic (exact) mass is 655 g/mol. The molecule has 5 rings (SSSR count). The van der Waals surface area contributed by atoms with E-state index in [1.165, 1.54) is 73.5 Å². The fourth-order valence-corrected chi connectivity index (χ4v) is 4.87. The van der Waals surface area contributed by atoms with Crippen molar-refractivity contribution in [2.45, 2.75) is 18.6 Å². The van der Waals surface area contributed by atoms with Crippen molar-refractivity contribution in [3.63, 3.8) is 0 Å². The Balaban J connectivity index is 1.57. The lowest BCUT2D eigenvalue weighted by Crippen LogP contribution is -2.34. The Morgan fingerprint density at radius 3 is 2.37 bits per heavy atom.